The minimum atomic E-state index is -0.302. The van der Waals surface area contributed by atoms with Gasteiger partial charge in [-0.05, 0) is 43.5 Å². The quantitative estimate of drug-likeness (QED) is 0.910. The van der Waals surface area contributed by atoms with E-state index in [2.05, 4.69) is 0 Å². The molecule has 1 amide bonds. The Morgan fingerprint density at radius 2 is 1.92 bits per heavy atom. The van der Waals surface area contributed by atoms with Gasteiger partial charge in [0.15, 0.2) is 11.5 Å². The van der Waals surface area contributed by atoms with E-state index in [9.17, 15) is 9.90 Å². The lowest BCUT2D eigenvalue weighted by Crippen LogP contribution is -2.26. The van der Waals surface area contributed by atoms with Crippen molar-refractivity contribution in [3.05, 3.63) is 53.6 Å². The summed E-state index contributed by atoms with van der Waals surface area (Å²) < 4.78 is 11.5. The Balaban J connectivity index is 1.65. The second kappa shape index (κ2) is 6.65. The predicted molar refractivity (Wildman–Crippen MR) is 98.9 cm³/mol. The van der Waals surface area contributed by atoms with Crippen LogP contribution in [0, 0.1) is 0 Å². The Kier molecular flexibility index (Phi) is 4.32. The summed E-state index contributed by atoms with van der Waals surface area (Å²) in [6, 6.07) is 13.3. The Labute approximate surface area is 153 Å². The van der Waals surface area contributed by atoms with Gasteiger partial charge < -0.3 is 19.5 Å². The number of rotatable bonds is 4. The van der Waals surface area contributed by atoms with E-state index in [0.29, 0.717) is 17.9 Å². The first-order valence-corrected chi connectivity index (χ1v) is 9.03. The van der Waals surface area contributed by atoms with E-state index in [1.165, 1.54) is 0 Å². The van der Waals surface area contributed by atoms with Gasteiger partial charge in [-0.3, -0.25) is 4.79 Å². The molecule has 1 N–H and O–H groups in total. The number of anilines is 1. The Morgan fingerprint density at radius 3 is 2.62 bits per heavy atom. The van der Waals surface area contributed by atoms with Crippen molar-refractivity contribution in [1.82, 2.24) is 0 Å². The topological polar surface area (TPSA) is 59.0 Å². The summed E-state index contributed by atoms with van der Waals surface area (Å²) in [5, 5.41) is 9.74. The van der Waals surface area contributed by atoms with Gasteiger partial charge in [-0.25, -0.2) is 0 Å². The minimum Gasteiger partial charge on any atom is -0.493 e. The molecule has 5 nitrogen and oxygen atoms in total. The van der Waals surface area contributed by atoms with Gasteiger partial charge in [-0.15, -0.1) is 0 Å². The van der Waals surface area contributed by atoms with Crippen LogP contribution in [0.1, 0.15) is 48.1 Å². The third kappa shape index (κ3) is 2.82. The molecule has 3 unspecified atom stereocenters. The highest BCUT2D eigenvalue weighted by Gasteiger charge is 2.35. The third-order valence-electron chi connectivity index (χ3n) is 5.32. The molecule has 0 spiro atoms. The lowest BCUT2D eigenvalue weighted by Gasteiger charge is -2.24. The predicted octanol–water partition coefficient (Wildman–Crippen LogP) is 3.71. The van der Waals surface area contributed by atoms with Crippen molar-refractivity contribution in [2.45, 2.75) is 44.4 Å². The van der Waals surface area contributed by atoms with Gasteiger partial charge in [0, 0.05) is 23.7 Å². The zero-order valence-electron chi connectivity index (χ0n) is 15.0. The van der Waals surface area contributed by atoms with Crippen LogP contribution in [-0.4, -0.2) is 30.3 Å². The van der Waals surface area contributed by atoms with Crippen molar-refractivity contribution in [1.29, 1.82) is 0 Å². The number of benzene rings is 2. The van der Waals surface area contributed by atoms with Crippen LogP contribution < -0.4 is 14.4 Å². The minimum absolute atomic E-state index is 0.000468. The summed E-state index contributed by atoms with van der Waals surface area (Å²) in [6.07, 6.45) is 1.86. The Bertz CT molecular complexity index is 835. The molecule has 5 heteroatoms. The van der Waals surface area contributed by atoms with Crippen molar-refractivity contribution in [3.63, 3.8) is 0 Å². The highest BCUT2D eigenvalue weighted by Crippen LogP contribution is 2.41. The highest BCUT2D eigenvalue weighted by atomic mass is 16.5. The summed E-state index contributed by atoms with van der Waals surface area (Å²) in [4.78, 5) is 14.7. The van der Waals surface area contributed by atoms with Crippen molar-refractivity contribution < 1.29 is 19.4 Å². The number of hydrogen-bond acceptors (Lipinski definition) is 4. The van der Waals surface area contributed by atoms with Crippen LogP contribution in [0.5, 0.6) is 11.5 Å². The molecule has 26 heavy (non-hydrogen) atoms. The van der Waals surface area contributed by atoms with Crippen molar-refractivity contribution >= 4 is 11.6 Å². The fraction of sp³-hybridized carbons (Fsp3) is 0.381. The number of aliphatic hydroxyl groups is 1. The van der Waals surface area contributed by atoms with Gasteiger partial charge in [0.25, 0.3) is 5.91 Å². The van der Waals surface area contributed by atoms with Crippen molar-refractivity contribution in [2.75, 3.05) is 12.0 Å². The van der Waals surface area contributed by atoms with E-state index in [1.54, 1.807) is 12.0 Å². The molecular weight excluding hydrogens is 330 g/mol. The summed E-state index contributed by atoms with van der Waals surface area (Å²) in [5.74, 6) is 1.24. The van der Waals surface area contributed by atoms with E-state index in [4.69, 9.17) is 9.47 Å². The largest absolute Gasteiger partial charge is 0.493 e. The molecule has 1 aliphatic carbocycles. The average molecular weight is 353 g/mol. The first-order valence-electron chi connectivity index (χ1n) is 9.03. The maximum atomic E-state index is 12.9. The number of amides is 1. The van der Waals surface area contributed by atoms with Crippen LogP contribution in [-0.2, 0) is 0 Å². The number of hydrogen-bond donors (Lipinski definition) is 1. The second-order valence-corrected chi connectivity index (χ2v) is 6.98. The van der Waals surface area contributed by atoms with Crippen LogP contribution >= 0.6 is 0 Å². The fourth-order valence-electron chi connectivity index (χ4n) is 3.95. The number of carbonyl (C=O) groups excluding carboxylic acids is 1. The lowest BCUT2D eigenvalue weighted by molar-refractivity contribution is 0.0992. The van der Waals surface area contributed by atoms with Crippen molar-refractivity contribution in [2.24, 2.45) is 0 Å². The molecule has 3 atom stereocenters. The summed E-state index contributed by atoms with van der Waals surface area (Å²) in [7, 11) is 1.60. The van der Waals surface area contributed by atoms with Crippen LogP contribution in [0.4, 0.5) is 5.69 Å². The molecule has 0 radical (unpaired) electrons. The SMILES string of the molecule is COc1ccc(N2C(=O)c3ccccc3C2C)cc1OC1CCC(O)C1. The molecule has 4 rings (SSSR count). The summed E-state index contributed by atoms with van der Waals surface area (Å²) >= 11 is 0. The van der Waals surface area contributed by atoms with E-state index in [0.717, 1.165) is 29.7 Å². The summed E-state index contributed by atoms with van der Waals surface area (Å²) in [6.45, 7) is 2.03. The molecule has 0 saturated heterocycles. The van der Waals surface area contributed by atoms with Gasteiger partial charge in [-0.1, -0.05) is 18.2 Å². The van der Waals surface area contributed by atoms with E-state index in [-0.39, 0.29) is 24.2 Å². The molecule has 0 bridgehead atoms. The zero-order chi connectivity index (χ0) is 18.3. The Hall–Kier alpha value is -2.53. The average Bonchev–Trinajstić information content (AvgIpc) is 3.17. The molecule has 2 aliphatic rings. The molecule has 2 aromatic carbocycles. The molecule has 2 aromatic rings. The highest BCUT2D eigenvalue weighted by molar-refractivity contribution is 6.11. The molecule has 1 aliphatic heterocycles. The molecule has 1 fully saturated rings. The standard InChI is InChI=1S/C21H23NO4/c1-13-17-5-3-4-6-18(17)21(24)22(13)14-7-10-19(25-2)20(11-14)26-16-9-8-15(23)12-16/h3-7,10-11,13,15-16,23H,8-9,12H2,1-2H3. The van der Waals surface area contributed by atoms with Crippen LogP contribution in [0.3, 0.4) is 0 Å². The van der Waals surface area contributed by atoms with Gasteiger partial charge in [-0.2, -0.15) is 0 Å². The van der Waals surface area contributed by atoms with Gasteiger partial charge in [0.2, 0.25) is 0 Å². The second-order valence-electron chi connectivity index (χ2n) is 6.98. The number of methoxy groups -OCH3 is 1. The van der Waals surface area contributed by atoms with Crippen LogP contribution in [0.25, 0.3) is 0 Å². The number of fused-ring (bicyclic) bond motifs is 1. The number of nitrogens with zero attached hydrogens (tertiary/aromatic N) is 1. The molecule has 136 valence electrons. The zero-order valence-corrected chi connectivity index (χ0v) is 15.0. The normalized spacial score (nSPS) is 24.7. The van der Waals surface area contributed by atoms with E-state index >= 15 is 0 Å². The fourth-order valence-corrected chi connectivity index (χ4v) is 3.95. The van der Waals surface area contributed by atoms with Crippen LogP contribution in [0.15, 0.2) is 42.5 Å². The number of aliphatic hydroxyl groups excluding tert-OH is 1. The number of ether oxygens (including phenoxy) is 2. The first kappa shape index (κ1) is 16.9. The third-order valence-corrected chi connectivity index (χ3v) is 5.32. The van der Waals surface area contributed by atoms with Crippen molar-refractivity contribution in [3.8, 4) is 11.5 Å². The molecular formula is C21H23NO4. The monoisotopic (exact) mass is 353 g/mol. The molecule has 1 heterocycles. The van der Waals surface area contributed by atoms with Gasteiger partial charge in [0.1, 0.15) is 6.10 Å². The molecule has 0 aromatic heterocycles. The lowest BCUT2D eigenvalue weighted by atomic mass is 10.1. The Morgan fingerprint density at radius 1 is 1.12 bits per heavy atom. The first-order chi connectivity index (χ1) is 12.6. The smallest absolute Gasteiger partial charge is 0.259 e. The number of carbonyl (C=O) groups is 1. The van der Waals surface area contributed by atoms with E-state index in [1.807, 2.05) is 49.4 Å². The van der Waals surface area contributed by atoms with Gasteiger partial charge >= 0.3 is 0 Å². The summed E-state index contributed by atoms with van der Waals surface area (Å²) in [5.41, 5.74) is 2.57. The van der Waals surface area contributed by atoms with Crippen LogP contribution in [0.2, 0.25) is 0 Å². The molecule has 1 saturated carbocycles. The maximum Gasteiger partial charge on any atom is 0.259 e. The van der Waals surface area contributed by atoms with E-state index < -0.39 is 0 Å². The van der Waals surface area contributed by atoms with Gasteiger partial charge in [0.05, 0.1) is 19.3 Å². The maximum absolute atomic E-state index is 12.9.